The number of aromatic nitrogens is 3. The van der Waals surface area contributed by atoms with E-state index in [9.17, 15) is 9.59 Å². The van der Waals surface area contributed by atoms with Crippen LogP contribution >= 0.6 is 0 Å². The lowest BCUT2D eigenvalue weighted by molar-refractivity contribution is -0.124. The number of hydrogen-bond donors (Lipinski definition) is 2. The smallest absolute Gasteiger partial charge is 0.235 e. The van der Waals surface area contributed by atoms with Gasteiger partial charge >= 0.3 is 0 Å². The molecule has 128 valence electrons. The Balaban J connectivity index is 1.47. The first kappa shape index (κ1) is 16.6. The zero-order valence-corrected chi connectivity index (χ0v) is 13.9. The molecule has 0 spiro atoms. The molecule has 0 fully saturated rings. The Morgan fingerprint density at radius 2 is 1.76 bits per heavy atom. The highest BCUT2D eigenvalue weighted by molar-refractivity contribution is 5.92. The van der Waals surface area contributed by atoms with Crippen LogP contribution in [0.5, 0.6) is 0 Å². The van der Waals surface area contributed by atoms with Gasteiger partial charge in [0.05, 0.1) is 0 Å². The van der Waals surface area contributed by atoms with Crippen LogP contribution in [0.15, 0.2) is 48.7 Å². The molecule has 1 aromatic carbocycles. The predicted octanol–water partition coefficient (Wildman–Crippen LogP) is 2.07. The number of pyridine rings is 1. The van der Waals surface area contributed by atoms with Gasteiger partial charge in [0, 0.05) is 25.6 Å². The molecule has 2 amide bonds. The van der Waals surface area contributed by atoms with E-state index in [-0.39, 0.29) is 24.7 Å². The third-order valence-electron chi connectivity index (χ3n) is 3.88. The standard InChI is InChI=1S/C18H19N5O2/c1-13-6-2-3-7-14(13)12-19-16(24)9-10-17(25)20-18-22-21-15-8-4-5-11-23(15)18/h2-8,11H,9-10,12H2,1H3,(H,19,24)(H,20,22,25). The molecule has 7 nitrogen and oxygen atoms in total. The highest BCUT2D eigenvalue weighted by atomic mass is 16.2. The highest BCUT2D eigenvalue weighted by Gasteiger charge is 2.11. The van der Waals surface area contributed by atoms with E-state index in [1.165, 1.54) is 0 Å². The summed E-state index contributed by atoms with van der Waals surface area (Å²) in [5, 5.41) is 13.4. The van der Waals surface area contributed by atoms with E-state index in [4.69, 9.17) is 0 Å². The molecule has 25 heavy (non-hydrogen) atoms. The van der Waals surface area contributed by atoms with Gasteiger partial charge in [-0.05, 0) is 30.2 Å². The molecule has 3 rings (SSSR count). The molecule has 0 bridgehead atoms. The van der Waals surface area contributed by atoms with Crippen LogP contribution < -0.4 is 10.6 Å². The minimum Gasteiger partial charge on any atom is -0.352 e. The Labute approximate surface area is 145 Å². The number of benzene rings is 1. The number of nitrogens with zero attached hydrogens (tertiary/aromatic N) is 3. The maximum atomic E-state index is 12.0. The monoisotopic (exact) mass is 337 g/mol. The number of amides is 2. The lowest BCUT2D eigenvalue weighted by atomic mass is 10.1. The van der Waals surface area contributed by atoms with Gasteiger partial charge in [0.25, 0.3) is 0 Å². The van der Waals surface area contributed by atoms with E-state index >= 15 is 0 Å². The second-order valence-electron chi connectivity index (χ2n) is 5.70. The van der Waals surface area contributed by atoms with Crippen LogP contribution in [0.4, 0.5) is 5.95 Å². The van der Waals surface area contributed by atoms with Gasteiger partial charge in [-0.3, -0.25) is 19.3 Å². The number of rotatable bonds is 6. The lowest BCUT2D eigenvalue weighted by Gasteiger charge is -2.08. The molecule has 0 aliphatic rings. The second kappa shape index (κ2) is 7.57. The summed E-state index contributed by atoms with van der Waals surface area (Å²) in [5.74, 6) is -0.0883. The molecule has 7 heteroatoms. The Morgan fingerprint density at radius 3 is 2.60 bits per heavy atom. The van der Waals surface area contributed by atoms with Crippen molar-refractivity contribution in [2.75, 3.05) is 5.32 Å². The molecule has 0 atom stereocenters. The van der Waals surface area contributed by atoms with Gasteiger partial charge in [-0.1, -0.05) is 30.3 Å². The average molecular weight is 337 g/mol. The summed E-state index contributed by atoms with van der Waals surface area (Å²) >= 11 is 0. The van der Waals surface area contributed by atoms with Crippen molar-refractivity contribution in [2.24, 2.45) is 0 Å². The van der Waals surface area contributed by atoms with Crippen LogP contribution in [-0.4, -0.2) is 26.4 Å². The number of aryl methyl sites for hydroxylation is 1. The molecule has 0 unspecified atom stereocenters. The number of carbonyl (C=O) groups is 2. The molecular weight excluding hydrogens is 318 g/mol. The van der Waals surface area contributed by atoms with E-state index in [2.05, 4.69) is 20.8 Å². The van der Waals surface area contributed by atoms with E-state index in [1.54, 1.807) is 16.7 Å². The molecule has 3 aromatic rings. The molecule has 2 N–H and O–H groups in total. The SMILES string of the molecule is Cc1ccccc1CNC(=O)CCC(=O)Nc1nnc2ccccn12. The fraction of sp³-hybridized carbons (Fsp3) is 0.222. The number of carbonyl (C=O) groups excluding carboxylic acids is 2. The lowest BCUT2D eigenvalue weighted by Crippen LogP contribution is -2.25. The number of fused-ring (bicyclic) bond motifs is 1. The average Bonchev–Trinajstić information content (AvgIpc) is 3.02. The molecule has 0 aliphatic carbocycles. The van der Waals surface area contributed by atoms with E-state index in [1.807, 2.05) is 43.3 Å². The van der Waals surface area contributed by atoms with E-state index in [0.29, 0.717) is 18.1 Å². The van der Waals surface area contributed by atoms with Crippen molar-refractivity contribution < 1.29 is 9.59 Å². The largest absolute Gasteiger partial charge is 0.352 e. The summed E-state index contributed by atoms with van der Waals surface area (Å²) < 4.78 is 1.68. The quantitative estimate of drug-likeness (QED) is 0.721. The van der Waals surface area contributed by atoms with Crippen molar-refractivity contribution >= 4 is 23.4 Å². The highest BCUT2D eigenvalue weighted by Crippen LogP contribution is 2.09. The van der Waals surface area contributed by atoms with Crippen LogP contribution in [0.25, 0.3) is 5.65 Å². The van der Waals surface area contributed by atoms with Crippen LogP contribution in [-0.2, 0) is 16.1 Å². The summed E-state index contributed by atoms with van der Waals surface area (Å²) in [6, 6.07) is 13.3. The van der Waals surface area contributed by atoms with E-state index in [0.717, 1.165) is 11.1 Å². The molecule has 0 saturated carbocycles. The fourth-order valence-corrected chi connectivity index (χ4v) is 2.43. The second-order valence-corrected chi connectivity index (χ2v) is 5.70. The molecule has 2 aromatic heterocycles. The van der Waals surface area contributed by atoms with Crippen LogP contribution in [0.3, 0.4) is 0 Å². The third kappa shape index (κ3) is 4.20. The first-order valence-corrected chi connectivity index (χ1v) is 8.04. The Morgan fingerprint density at radius 1 is 1.00 bits per heavy atom. The van der Waals surface area contributed by atoms with E-state index < -0.39 is 0 Å². The zero-order valence-electron chi connectivity index (χ0n) is 13.9. The fourth-order valence-electron chi connectivity index (χ4n) is 2.43. The molecule has 0 radical (unpaired) electrons. The molecular formula is C18H19N5O2. The Bertz CT molecular complexity index is 903. The number of anilines is 1. The van der Waals surface area contributed by atoms with Crippen molar-refractivity contribution in [3.05, 3.63) is 59.8 Å². The number of hydrogen-bond acceptors (Lipinski definition) is 4. The van der Waals surface area contributed by atoms with Gasteiger partial charge in [-0.2, -0.15) is 0 Å². The zero-order chi connectivity index (χ0) is 17.6. The van der Waals surface area contributed by atoms with Gasteiger partial charge in [0.2, 0.25) is 17.8 Å². The van der Waals surface area contributed by atoms with Crippen molar-refractivity contribution in [2.45, 2.75) is 26.3 Å². The van der Waals surface area contributed by atoms with Gasteiger partial charge in [-0.25, -0.2) is 0 Å². The van der Waals surface area contributed by atoms with Gasteiger partial charge in [0.15, 0.2) is 5.65 Å². The van der Waals surface area contributed by atoms with Crippen molar-refractivity contribution in [3.8, 4) is 0 Å². The topological polar surface area (TPSA) is 88.4 Å². The maximum Gasteiger partial charge on any atom is 0.235 e. The predicted molar refractivity (Wildman–Crippen MR) is 93.9 cm³/mol. The summed E-state index contributed by atoms with van der Waals surface area (Å²) in [6.45, 7) is 2.46. The van der Waals surface area contributed by atoms with Gasteiger partial charge < -0.3 is 5.32 Å². The first-order chi connectivity index (χ1) is 12.1. The minimum absolute atomic E-state index is 0.0847. The summed E-state index contributed by atoms with van der Waals surface area (Å²) in [5.41, 5.74) is 2.84. The van der Waals surface area contributed by atoms with Crippen LogP contribution in [0.1, 0.15) is 24.0 Å². The van der Waals surface area contributed by atoms with Gasteiger partial charge in [-0.15, -0.1) is 10.2 Å². The van der Waals surface area contributed by atoms with Crippen LogP contribution in [0.2, 0.25) is 0 Å². The normalized spacial score (nSPS) is 10.6. The summed E-state index contributed by atoms with van der Waals surface area (Å²) in [7, 11) is 0. The number of nitrogens with one attached hydrogen (secondary N) is 2. The molecule has 2 heterocycles. The van der Waals surface area contributed by atoms with Crippen molar-refractivity contribution in [3.63, 3.8) is 0 Å². The molecule has 0 saturated heterocycles. The summed E-state index contributed by atoms with van der Waals surface area (Å²) in [4.78, 5) is 23.9. The first-order valence-electron chi connectivity index (χ1n) is 8.04. The van der Waals surface area contributed by atoms with Crippen LogP contribution in [0, 0.1) is 6.92 Å². The molecule has 0 aliphatic heterocycles. The minimum atomic E-state index is -0.274. The van der Waals surface area contributed by atoms with Crippen molar-refractivity contribution in [1.29, 1.82) is 0 Å². The van der Waals surface area contributed by atoms with Crippen molar-refractivity contribution in [1.82, 2.24) is 19.9 Å². The summed E-state index contributed by atoms with van der Waals surface area (Å²) in [6.07, 6.45) is 1.97. The maximum absolute atomic E-state index is 12.0. The van der Waals surface area contributed by atoms with Gasteiger partial charge in [0.1, 0.15) is 0 Å². The Hall–Kier alpha value is -3.22. The third-order valence-corrected chi connectivity index (χ3v) is 3.88. The Kier molecular flexibility index (Phi) is 5.03.